The van der Waals surface area contributed by atoms with E-state index in [1.54, 1.807) is 25.1 Å². The molecule has 4 heteroatoms. The number of rotatable bonds is 7. The number of methoxy groups -OCH3 is 1. The molecule has 2 aromatic rings. The van der Waals surface area contributed by atoms with Crippen LogP contribution in [0.1, 0.15) is 22.5 Å². The van der Waals surface area contributed by atoms with Crippen LogP contribution in [0, 0.1) is 0 Å². The minimum atomic E-state index is -0.0689. The first-order valence-electron chi connectivity index (χ1n) is 9.45. The second-order valence-corrected chi connectivity index (χ2v) is 7.80. The van der Waals surface area contributed by atoms with E-state index in [9.17, 15) is 4.79 Å². The van der Waals surface area contributed by atoms with Crippen LogP contribution in [0.4, 0.5) is 0 Å². The Morgan fingerprint density at radius 3 is 2.79 bits per heavy atom. The Kier molecular flexibility index (Phi) is 6.68. The lowest BCUT2D eigenvalue weighted by atomic mass is 9.97. The molecule has 3 rings (SSSR count). The van der Waals surface area contributed by atoms with Crippen LogP contribution < -0.4 is 4.74 Å². The first kappa shape index (κ1) is 20.6. The summed E-state index contributed by atoms with van der Waals surface area (Å²) in [5.41, 5.74) is 3.85. The van der Waals surface area contributed by atoms with Gasteiger partial charge in [0.1, 0.15) is 5.75 Å². The lowest BCUT2D eigenvalue weighted by Gasteiger charge is -2.19. The van der Waals surface area contributed by atoms with E-state index in [0.29, 0.717) is 4.88 Å². The third-order valence-electron chi connectivity index (χ3n) is 4.82. The molecule has 0 bridgehead atoms. The van der Waals surface area contributed by atoms with Crippen LogP contribution in [-0.2, 0) is 0 Å². The maximum absolute atomic E-state index is 13.0. The van der Waals surface area contributed by atoms with Crippen molar-refractivity contribution < 1.29 is 9.53 Å². The van der Waals surface area contributed by atoms with Crippen LogP contribution in [0.3, 0.4) is 0 Å². The Balaban J connectivity index is 1.80. The van der Waals surface area contributed by atoms with Gasteiger partial charge in [-0.05, 0) is 66.0 Å². The summed E-state index contributed by atoms with van der Waals surface area (Å²) in [6, 6.07) is 11.7. The summed E-state index contributed by atoms with van der Waals surface area (Å²) in [4.78, 5) is 16.4. The Hall–Kier alpha value is -3.11. The topological polar surface area (TPSA) is 29.5 Å². The Labute approximate surface area is 176 Å². The van der Waals surface area contributed by atoms with Gasteiger partial charge in [-0.1, -0.05) is 43.5 Å². The molecule has 0 saturated heterocycles. The minimum Gasteiger partial charge on any atom is -0.497 e. The first-order chi connectivity index (χ1) is 14.0. The molecule has 0 saturated carbocycles. The van der Waals surface area contributed by atoms with Crippen LogP contribution in [0.5, 0.6) is 5.75 Å². The summed E-state index contributed by atoms with van der Waals surface area (Å²) in [7, 11) is 3.41. The number of benzene rings is 1. The molecule has 1 aromatic carbocycles. The highest BCUT2D eigenvalue weighted by Crippen LogP contribution is 2.31. The molecule has 0 aliphatic heterocycles. The lowest BCUT2D eigenvalue weighted by molar-refractivity contribution is 0.0845. The Bertz CT molecular complexity index is 1020. The monoisotopic (exact) mass is 403 g/mol. The van der Waals surface area contributed by atoms with E-state index in [1.807, 2.05) is 48.6 Å². The van der Waals surface area contributed by atoms with Crippen molar-refractivity contribution in [1.82, 2.24) is 4.90 Å². The van der Waals surface area contributed by atoms with Crippen molar-refractivity contribution in [3.8, 4) is 16.2 Å². The molecule has 0 unspecified atom stereocenters. The molecule has 148 valence electrons. The number of hydrogen-bond donors (Lipinski definition) is 0. The zero-order chi connectivity index (χ0) is 20.8. The minimum absolute atomic E-state index is 0.0689. The molecule has 1 aliphatic rings. The highest BCUT2D eigenvalue weighted by molar-refractivity contribution is 7.17. The molecule has 0 atom stereocenters. The van der Waals surface area contributed by atoms with Crippen LogP contribution in [0.25, 0.3) is 10.4 Å². The summed E-state index contributed by atoms with van der Waals surface area (Å²) in [5.74, 6) is 0.726. The van der Waals surface area contributed by atoms with E-state index in [-0.39, 0.29) is 5.91 Å². The van der Waals surface area contributed by atoms with Crippen molar-refractivity contribution in [1.29, 1.82) is 0 Å². The average Bonchev–Trinajstić information content (AvgIpc) is 3.27. The molecule has 3 nitrogen and oxygen atoms in total. The van der Waals surface area contributed by atoms with Gasteiger partial charge in [-0.25, -0.2) is 0 Å². The third-order valence-corrected chi connectivity index (χ3v) is 5.94. The molecular formula is C25H25NO2S. The average molecular weight is 404 g/mol. The zero-order valence-electron chi connectivity index (χ0n) is 16.9. The summed E-state index contributed by atoms with van der Waals surface area (Å²) >= 11 is 1.47. The first-order valence-corrected chi connectivity index (χ1v) is 10.3. The predicted molar refractivity (Wildman–Crippen MR) is 122 cm³/mol. The normalized spacial score (nSPS) is 13.6. The second-order valence-electron chi connectivity index (χ2n) is 6.72. The summed E-state index contributed by atoms with van der Waals surface area (Å²) in [5, 5.41) is 0. The fraction of sp³-hybridized carbons (Fsp3) is 0.160. The van der Waals surface area contributed by atoms with Gasteiger partial charge in [0.25, 0.3) is 5.91 Å². The van der Waals surface area contributed by atoms with E-state index in [2.05, 4.69) is 25.3 Å². The van der Waals surface area contributed by atoms with E-state index in [1.165, 1.54) is 16.9 Å². The number of ether oxygens (including phenoxy) is 1. The van der Waals surface area contributed by atoms with Gasteiger partial charge in [0.2, 0.25) is 0 Å². The molecule has 1 amide bonds. The van der Waals surface area contributed by atoms with Crippen molar-refractivity contribution in [2.24, 2.45) is 0 Å². The van der Waals surface area contributed by atoms with Gasteiger partial charge in [0.05, 0.1) is 12.0 Å². The van der Waals surface area contributed by atoms with E-state index in [0.717, 1.165) is 40.3 Å². The van der Waals surface area contributed by atoms with Gasteiger partial charge in [-0.3, -0.25) is 4.79 Å². The largest absolute Gasteiger partial charge is 0.497 e. The summed E-state index contributed by atoms with van der Waals surface area (Å²) in [6.07, 6.45) is 11.9. The maximum atomic E-state index is 13.0. The fourth-order valence-corrected chi connectivity index (χ4v) is 4.08. The number of carbonyl (C=O) groups is 1. The molecule has 0 radical (unpaired) electrons. The van der Waals surface area contributed by atoms with Gasteiger partial charge in [-0.15, -0.1) is 11.3 Å². The molecule has 0 fully saturated rings. The molecule has 1 aliphatic carbocycles. The van der Waals surface area contributed by atoms with Crippen molar-refractivity contribution in [3.63, 3.8) is 0 Å². The van der Waals surface area contributed by atoms with Gasteiger partial charge in [0.15, 0.2) is 0 Å². The summed E-state index contributed by atoms with van der Waals surface area (Å²) in [6.45, 7) is 8.05. The van der Waals surface area contributed by atoms with Crippen LogP contribution in [-0.4, -0.2) is 25.0 Å². The van der Waals surface area contributed by atoms with Gasteiger partial charge >= 0.3 is 0 Å². The number of likely N-dealkylation sites (N-methyl/N-ethyl adjacent to an activating group) is 1. The second kappa shape index (κ2) is 9.39. The van der Waals surface area contributed by atoms with E-state index >= 15 is 0 Å². The van der Waals surface area contributed by atoms with Crippen molar-refractivity contribution in [2.45, 2.75) is 12.8 Å². The number of allylic oxidation sites excluding steroid dienone is 7. The Morgan fingerprint density at radius 2 is 2.10 bits per heavy atom. The SMILES string of the molecule is C=C/C(=C\C(=C)C1=CC=CCC1)N(C)C(=O)c1ccc(-c2cccc(OC)c2)s1. The van der Waals surface area contributed by atoms with Crippen molar-refractivity contribution in [2.75, 3.05) is 14.2 Å². The molecule has 0 N–H and O–H groups in total. The zero-order valence-corrected chi connectivity index (χ0v) is 17.7. The molecule has 1 heterocycles. The highest BCUT2D eigenvalue weighted by atomic mass is 32.1. The molecule has 1 aromatic heterocycles. The summed E-state index contributed by atoms with van der Waals surface area (Å²) < 4.78 is 5.30. The lowest BCUT2D eigenvalue weighted by Crippen LogP contribution is -2.24. The molecular weight excluding hydrogens is 378 g/mol. The van der Waals surface area contributed by atoms with Crippen LogP contribution in [0.15, 0.2) is 96.8 Å². The van der Waals surface area contributed by atoms with Crippen molar-refractivity contribution >= 4 is 17.2 Å². The molecule has 0 spiro atoms. The van der Waals surface area contributed by atoms with Crippen LogP contribution in [0.2, 0.25) is 0 Å². The molecule has 29 heavy (non-hydrogen) atoms. The number of hydrogen-bond acceptors (Lipinski definition) is 3. The van der Waals surface area contributed by atoms with E-state index in [4.69, 9.17) is 4.74 Å². The number of thiophene rings is 1. The number of carbonyl (C=O) groups excluding carboxylic acids is 1. The highest BCUT2D eigenvalue weighted by Gasteiger charge is 2.17. The standard InChI is InChI=1S/C25H25NO2S/c1-5-21(16-18(2)19-10-7-6-8-11-19)26(3)25(27)24-15-14-23(29-24)20-12-9-13-22(17-20)28-4/h5-7,9-10,12-17H,1-2,8,11H2,3-4H3/b21-16+. The Morgan fingerprint density at radius 1 is 1.28 bits per heavy atom. The smallest absolute Gasteiger partial charge is 0.268 e. The van der Waals surface area contributed by atoms with Gasteiger partial charge in [0, 0.05) is 17.6 Å². The number of amides is 1. The van der Waals surface area contributed by atoms with Crippen LogP contribution >= 0.6 is 11.3 Å². The fourth-order valence-electron chi connectivity index (χ4n) is 3.10. The van der Waals surface area contributed by atoms with Crippen molar-refractivity contribution in [3.05, 3.63) is 102 Å². The van der Waals surface area contributed by atoms with E-state index < -0.39 is 0 Å². The third kappa shape index (κ3) is 4.84. The maximum Gasteiger partial charge on any atom is 0.268 e. The van der Waals surface area contributed by atoms with Gasteiger partial charge in [-0.2, -0.15) is 0 Å². The number of nitrogens with zero attached hydrogens (tertiary/aromatic N) is 1. The predicted octanol–water partition coefficient (Wildman–Crippen LogP) is 6.40. The van der Waals surface area contributed by atoms with Gasteiger partial charge < -0.3 is 9.64 Å². The quantitative estimate of drug-likeness (QED) is 0.501.